The van der Waals surface area contributed by atoms with Crippen LogP contribution in [0.25, 0.3) is 0 Å². The molecule has 0 saturated carbocycles. The van der Waals surface area contributed by atoms with E-state index in [1.165, 1.54) is 19.3 Å². The Morgan fingerprint density at radius 2 is 2.10 bits per heavy atom. The number of rotatable bonds is 5. The number of aliphatic hydroxyl groups excluding tert-OH is 1. The molecule has 21 heavy (non-hydrogen) atoms. The Kier molecular flexibility index (Phi) is 6.04. The molecule has 0 bridgehead atoms. The molecule has 1 saturated heterocycles. The van der Waals surface area contributed by atoms with Crippen LogP contribution in [0.15, 0.2) is 12.1 Å². The van der Waals surface area contributed by atoms with Crippen molar-refractivity contribution in [2.75, 3.05) is 18.0 Å². The van der Waals surface area contributed by atoms with Crippen LogP contribution in [0, 0.1) is 11.8 Å². The molecule has 118 valence electrons. The highest BCUT2D eigenvalue weighted by molar-refractivity contribution is 5.43. The van der Waals surface area contributed by atoms with Gasteiger partial charge in [0.15, 0.2) is 0 Å². The summed E-state index contributed by atoms with van der Waals surface area (Å²) in [6, 6.07) is 4.11. The Bertz CT molecular complexity index is 445. The van der Waals surface area contributed by atoms with Gasteiger partial charge in [-0.3, -0.25) is 0 Å². The monoisotopic (exact) mass is 290 g/mol. The Morgan fingerprint density at radius 3 is 2.76 bits per heavy atom. The van der Waals surface area contributed by atoms with Crippen molar-refractivity contribution in [1.82, 2.24) is 4.98 Å². The van der Waals surface area contributed by atoms with E-state index in [9.17, 15) is 5.11 Å². The van der Waals surface area contributed by atoms with E-state index >= 15 is 0 Å². The maximum atomic E-state index is 9.48. The van der Waals surface area contributed by atoms with Gasteiger partial charge in [0, 0.05) is 18.8 Å². The number of nitrogens with zero attached hydrogens (tertiary/aromatic N) is 2. The van der Waals surface area contributed by atoms with Gasteiger partial charge in [0.1, 0.15) is 5.82 Å². The van der Waals surface area contributed by atoms with Gasteiger partial charge < -0.3 is 10.0 Å². The van der Waals surface area contributed by atoms with Crippen molar-refractivity contribution in [2.45, 2.75) is 59.5 Å². The highest BCUT2D eigenvalue weighted by atomic mass is 16.3. The van der Waals surface area contributed by atoms with Gasteiger partial charge in [0.05, 0.1) is 6.61 Å². The lowest BCUT2D eigenvalue weighted by atomic mass is 9.89. The largest absolute Gasteiger partial charge is 0.392 e. The number of aromatic nitrogens is 1. The maximum absolute atomic E-state index is 9.48. The van der Waals surface area contributed by atoms with Crippen LogP contribution in [-0.4, -0.2) is 23.2 Å². The van der Waals surface area contributed by atoms with E-state index in [0.29, 0.717) is 0 Å². The molecule has 1 aliphatic rings. The fourth-order valence-corrected chi connectivity index (χ4v) is 3.29. The molecule has 0 aromatic carbocycles. The van der Waals surface area contributed by atoms with Crippen LogP contribution in [-0.2, 0) is 13.0 Å². The van der Waals surface area contributed by atoms with E-state index in [4.69, 9.17) is 4.98 Å². The molecule has 1 aliphatic heterocycles. The van der Waals surface area contributed by atoms with Crippen LogP contribution in [0.5, 0.6) is 0 Å². The molecule has 1 fully saturated rings. The molecule has 0 radical (unpaired) electrons. The SMILES string of the molecule is CCCc1cc(CO)cc(N2CCCC(C(C)C)CC2)n1. The summed E-state index contributed by atoms with van der Waals surface area (Å²) in [5.41, 5.74) is 2.11. The molecule has 0 spiro atoms. The predicted octanol–water partition coefficient (Wildman–Crippen LogP) is 3.79. The second kappa shape index (κ2) is 7.79. The first-order valence-electron chi connectivity index (χ1n) is 8.49. The fraction of sp³-hybridized carbons (Fsp3) is 0.722. The Balaban J connectivity index is 2.14. The highest BCUT2D eigenvalue weighted by Crippen LogP contribution is 2.27. The number of aryl methyl sites for hydroxylation is 1. The lowest BCUT2D eigenvalue weighted by Gasteiger charge is -2.23. The second-order valence-corrected chi connectivity index (χ2v) is 6.66. The predicted molar refractivity (Wildman–Crippen MR) is 88.5 cm³/mol. The summed E-state index contributed by atoms with van der Waals surface area (Å²) in [6.45, 7) is 9.14. The Hall–Kier alpha value is -1.09. The van der Waals surface area contributed by atoms with E-state index in [-0.39, 0.29) is 6.61 Å². The first-order chi connectivity index (χ1) is 10.1. The van der Waals surface area contributed by atoms with Crippen LogP contribution in [0.3, 0.4) is 0 Å². The molecule has 0 amide bonds. The lowest BCUT2D eigenvalue weighted by Crippen LogP contribution is -2.26. The van der Waals surface area contributed by atoms with Crippen molar-refractivity contribution < 1.29 is 5.11 Å². The van der Waals surface area contributed by atoms with Crippen LogP contribution in [0.1, 0.15) is 57.7 Å². The summed E-state index contributed by atoms with van der Waals surface area (Å²) >= 11 is 0. The van der Waals surface area contributed by atoms with Crippen LogP contribution in [0.2, 0.25) is 0 Å². The van der Waals surface area contributed by atoms with Crippen molar-refractivity contribution in [1.29, 1.82) is 0 Å². The molecule has 0 aliphatic carbocycles. The van der Waals surface area contributed by atoms with E-state index in [1.807, 2.05) is 6.07 Å². The highest BCUT2D eigenvalue weighted by Gasteiger charge is 2.20. The van der Waals surface area contributed by atoms with Gasteiger partial charge >= 0.3 is 0 Å². The summed E-state index contributed by atoms with van der Waals surface area (Å²) in [6.07, 6.45) is 5.92. The summed E-state index contributed by atoms with van der Waals surface area (Å²) < 4.78 is 0. The third-order valence-corrected chi connectivity index (χ3v) is 4.65. The molecule has 3 heteroatoms. The van der Waals surface area contributed by atoms with Crippen LogP contribution < -0.4 is 4.90 Å². The van der Waals surface area contributed by atoms with E-state index in [1.54, 1.807) is 0 Å². The van der Waals surface area contributed by atoms with Gasteiger partial charge in [-0.1, -0.05) is 27.2 Å². The van der Waals surface area contributed by atoms with Crippen molar-refractivity contribution >= 4 is 5.82 Å². The van der Waals surface area contributed by atoms with E-state index in [0.717, 1.165) is 54.8 Å². The van der Waals surface area contributed by atoms with Crippen LogP contribution >= 0.6 is 0 Å². The zero-order valence-corrected chi connectivity index (χ0v) is 13.8. The topological polar surface area (TPSA) is 36.4 Å². The molecule has 1 aromatic rings. The summed E-state index contributed by atoms with van der Waals surface area (Å²) in [5.74, 6) is 2.68. The van der Waals surface area contributed by atoms with Crippen molar-refractivity contribution in [3.63, 3.8) is 0 Å². The third-order valence-electron chi connectivity index (χ3n) is 4.65. The molecule has 2 heterocycles. The Morgan fingerprint density at radius 1 is 1.29 bits per heavy atom. The van der Waals surface area contributed by atoms with Gasteiger partial charge in [0.2, 0.25) is 0 Å². The average molecular weight is 290 g/mol. The maximum Gasteiger partial charge on any atom is 0.129 e. The molecule has 2 rings (SSSR count). The second-order valence-electron chi connectivity index (χ2n) is 6.66. The Labute approximate surface area is 129 Å². The zero-order valence-electron chi connectivity index (χ0n) is 13.8. The van der Waals surface area contributed by atoms with Gasteiger partial charge in [-0.05, 0) is 55.2 Å². The number of hydrogen-bond donors (Lipinski definition) is 1. The number of hydrogen-bond acceptors (Lipinski definition) is 3. The summed E-state index contributed by atoms with van der Waals surface area (Å²) in [5, 5.41) is 9.48. The first-order valence-corrected chi connectivity index (χ1v) is 8.49. The minimum absolute atomic E-state index is 0.106. The van der Waals surface area contributed by atoms with Gasteiger partial charge in [0.25, 0.3) is 0 Å². The van der Waals surface area contributed by atoms with Gasteiger partial charge in [-0.15, -0.1) is 0 Å². The smallest absolute Gasteiger partial charge is 0.129 e. The average Bonchev–Trinajstić information content (AvgIpc) is 2.73. The van der Waals surface area contributed by atoms with Gasteiger partial charge in [-0.2, -0.15) is 0 Å². The third kappa shape index (κ3) is 4.44. The molecule has 3 nitrogen and oxygen atoms in total. The summed E-state index contributed by atoms with van der Waals surface area (Å²) in [4.78, 5) is 7.24. The lowest BCUT2D eigenvalue weighted by molar-refractivity contribution is 0.281. The molecular formula is C18H30N2O. The molecule has 1 unspecified atom stereocenters. The van der Waals surface area contributed by atoms with Crippen molar-refractivity contribution in [2.24, 2.45) is 11.8 Å². The molecular weight excluding hydrogens is 260 g/mol. The first kappa shape index (κ1) is 16.3. The fourth-order valence-electron chi connectivity index (χ4n) is 3.29. The number of anilines is 1. The minimum atomic E-state index is 0.106. The van der Waals surface area contributed by atoms with E-state index < -0.39 is 0 Å². The van der Waals surface area contributed by atoms with Gasteiger partial charge in [-0.25, -0.2) is 4.98 Å². The van der Waals surface area contributed by atoms with Crippen molar-refractivity contribution in [3.05, 3.63) is 23.4 Å². The summed E-state index contributed by atoms with van der Waals surface area (Å²) in [7, 11) is 0. The standard InChI is InChI=1S/C18H30N2O/c1-4-6-17-11-15(13-21)12-18(19-17)20-9-5-7-16(8-10-20)14(2)3/h11-12,14,16,21H,4-10,13H2,1-3H3. The van der Waals surface area contributed by atoms with E-state index in [2.05, 4.69) is 31.7 Å². The number of aliphatic hydroxyl groups is 1. The van der Waals surface area contributed by atoms with Crippen LogP contribution in [0.4, 0.5) is 5.82 Å². The zero-order chi connectivity index (χ0) is 15.2. The molecule has 1 N–H and O–H groups in total. The normalized spacial score (nSPS) is 19.9. The molecule has 1 atom stereocenters. The molecule has 1 aromatic heterocycles. The van der Waals surface area contributed by atoms with Crippen molar-refractivity contribution in [3.8, 4) is 0 Å². The minimum Gasteiger partial charge on any atom is -0.392 e. The number of pyridine rings is 1. The quantitative estimate of drug-likeness (QED) is 0.896.